The summed E-state index contributed by atoms with van der Waals surface area (Å²) in [5.41, 5.74) is 0.536. The fraction of sp³-hybridized carbons (Fsp3) is 1.00. The number of hydrogen-bond donors (Lipinski definition) is 0. The van der Waals surface area contributed by atoms with Crippen LogP contribution in [0.3, 0.4) is 0 Å². The summed E-state index contributed by atoms with van der Waals surface area (Å²) in [5.74, 6) is 0. The van der Waals surface area contributed by atoms with Crippen LogP contribution in [0.2, 0.25) is 0 Å². The predicted octanol–water partition coefficient (Wildman–Crippen LogP) is -0.497. The van der Waals surface area contributed by atoms with Gasteiger partial charge in [-0.25, -0.2) is 0 Å². The zero-order valence-corrected chi connectivity index (χ0v) is 8.09. The van der Waals surface area contributed by atoms with Gasteiger partial charge in [-0.1, -0.05) is 6.92 Å². The van der Waals surface area contributed by atoms with Gasteiger partial charge in [0.1, 0.15) is 6.10 Å². The molecule has 1 heterocycles. The van der Waals surface area contributed by atoms with Crippen LogP contribution >= 0.6 is 0 Å². The van der Waals surface area contributed by atoms with E-state index in [0.29, 0.717) is 11.8 Å². The summed E-state index contributed by atoms with van der Waals surface area (Å²) in [6.45, 7) is 3.89. The summed E-state index contributed by atoms with van der Waals surface area (Å²) in [4.78, 5) is 0. The summed E-state index contributed by atoms with van der Waals surface area (Å²) < 4.78 is 10.4. The molecule has 1 aliphatic heterocycles. The van der Waals surface area contributed by atoms with E-state index < -0.39 is 0 Å². The standard InChI is InChI=1S/C6H14O2Si/c1-2-6(9)8-4-5-3-7-5/h5-6H,2-4H2,1,9H3. The quantitative estimate of drug-likeness (QED) is 0.394. The second kappa shape index (κ2) is 3.34. The van der Waals surface area contributed by atoms with E-state index in [1.165, 1.54) is 0 Å². The third kappa shape index (κ3) is 2.98. The van der Waals surface area contributed by atoms with Gasteiger partial charge in [-0.2, -0.15) is 0 Å². The largest absolute Gasteiger partial charge is 0.380 e. The third-order valence-electron chi connectivity index (χ3n) is 1.54. The molecule has 54 valence electrons. The summed E-state index contributed by atoms with van der Waals surface area (Å²) in [6.07, 6.45) is 1.59. The minimum Gasteiger partial charge on any atom is -0.380 e. The first-order valence-corrected chi connectivity index (χ1v) is 4.71. The molecule has 9 heavy (non-hydrogen) atoms. The molecule has 2 unspecified atom stereocenters. The molecule has 0 aliphatic carbocycles. The van der Waals surface area contributed by atoms with E-state index in [0.717, 1.165) is 29.9 Å². The Bertz CT molecular complexity index is 83.1. The van der Waals surface area contributed by atoms with Gasteiger partial charge in [0.2, 0.25) is 0 Å². The molecule has 0 radical (unpaired) electrons. The molecule has 0 aromatic rings. The van der Waals surface area contributed by atoms with E-state index in [2.05, 4.69) is 6.92 Å². The first-order chi connectivity index (χ1) is 4.33. The van der Waals surface area contributed by atoms with Crippen LogP contribution in [0.5, 0.6) is 0 Å². The highest BCUT2D eigenvalue weighted by Crippen LogP contribution is 2.09. The van der Waals surface area contributed by atoms with Crippen molar-refractivity contribution in [3.63, 3.8) is 0 Å². The SMILES string of the molecule is CCC([SiH3])OCC1CO1. The molecule has 0 bridgehead atoms. The van der Waals surface area contributed by atoms with E-state index in [4.69, 9.17) is 9.47 Å². The van der Waals surface area contributed by atoms with Gasteiger partial charge < -0.3 is 9.47 Å². The monoisotopic (exact) mass is 146 g/mol. The van der Waals surface area contributed by atoms with Crippen molar-refractivity contribution in [2.24, 2.45) is 0 Å². The van der Waals surface area contributed by atoms with Crippen molar-refractivity contribution in [2.45, 2.75) is 25.2 Å². The molecule has 0 aromatic carbocycles. The summed E-state index contributed by atoms with van der Waals surface area (Å²) in [6, 6.07) is 0. The fourth-order valence-electron chi connectivity index (χ4n) is 0.554. The van der Waals surface area contributed by atoms with E-state index in [9.17, 15) is 0 Å². The normalized spacial score (nSPS) is 28.3. The first kappa shape index (κ1) is 7.25. The van der Waals surface area contributed by atoms with Crippen LogP contribution in [0.25, 0.3) is 0 Å². The highest BCUT2D eigenvalue weighted by molar-refractivity contribution is 6.10. The Labute approximate surface area is 59.0 Å². The maximum absolute atomic E-state index is 5.45. The molecule has 0 saturated carbocycles. The lowest BCUT2D eigenvalue weighted by Crippen LogP contribution is -2.14. The van der Waals surface area contributed by atoms with Crippen LogP contribution in [0.15, 0.2) is 0 Å². The maximum Gasteiger partial charge on any atom is 0.104 e. The van der Waals surface area contributed by atoms with Crippen LogP contribution in [0, 0.1) is 0 Å². The molecule has 1 fully saturated rings. The van der Waals surface area contributed by atoms with Gasteiger partial charge in [0.05, 0.1) is 13.2 Å². The molecule has 2 atom stereocenters. The van der Waals surface area contributed by atoms with Crippen molar-refractivity contribution < 1.29 is 9.47 Å². The van der Waals surface area contributed by atoms with Gasteiger partial charge >= 0.3 is 0 Å². The molecule has 0 N–H and O–H groups in total. The molecule has 1 saturated heterocycles. The van der Waals surface area contributed by atoms with Crippen LogP contribution in [0.1, 0.15) is 13.3 Å². The lowest BCUT2D eigenvalue weighted by atomic mass is 10.5. The predicted molar refractivity (Wildman–Crippen MR) is 39.7 cm³/mol. The van der Waals surface area contributed by atoms with Crippen LogP contribution < -0.4 is 0 Å². The molecule has 1 rings (SSSR count). The smallest absolute Gasteiger partial charge is 0.104 e. The topological polar surface area (TPSA) is 21.8 Å². The molecular formula is C6H14O2Si. The average molecular weight is 146 g/mol. The average Bonchev–Trinajstić information content (AvgIpc) is 2.65. The maximum atomic E-state index is 5.45. The summed E-state index contributed by atoms with van der Waals surface area (Å²) >= 11 is 0. The second-order valence-electron chi connectivity index (χ2n) is 2.51. The molecule has 0 aromatic heterocycles. The molecule has 0 amide bonds. The fourth-order valence-corrected chi connectivity index (χ4v) is 0.746. The van der Waals surface area contributed by atoms with Crippen LogP contribution in [-0.2, 0) is 9.47 Å². The molecule has 2 nitrogen and oxygen atoms in total. The van der Waals surface area contributed by atoms with Crippen molar-refractivity contribution in [1.82, 2.24) is 0 Å². The van der Waals surface area contributed by atoms with Crippen LogP contribution in [0.4, 0.5) is 0 Å². The Morgan fingerprint density at radius 1 is 1.89 bits per heavy atom. The minimum absolute atomic E-state index is 0.438. The van der Waals surface area contributed by atoms with Crippen molar-refractivity contribution in [3.8, 4) is 0 Å². The summed E-state index contributed by atoms with van der Waals surface area (Å²) in [7, 11) is 1.15. The number of hydrogen-bond acceptors (Lipinski definition) is 2. The Morgan fingerprint density at radius 2 is 2.56 bits per heavy atom. The highest BCUT2D eigenvalue weighted by atomic mass is 28.1. The first-order valence-electron chi connectivity index (χ1n) is 3.56. The summed E-state index contributed by atoms with van der Waals surface area (Å²) in [5, 5.41) is 0. The van der Waals surface area contributed by atoms with Gasteiger partial charge in [0.25, 0.3) is 0 Å². The van der Waals surface area contributed by atoms with Crippen molar-refractivity contribution >= 4 is 10.2 Å². The van der Waals surface area contributed by atoms with Crippen molar-refractivity contribution in [1.29, 1.82) is 0 Å². The second-order valence-corrected chi connectivity index (χ2v) is 3.80. The van der Waals surface area contributed by atoms with E-state index >= 15 is 0 Å². The lowest BCUT2D eigenvalue weighted by molar-refractivity contribution is 0.0898. The molecule has 1 aliphatic rings. The minimum atomic E-state index is 0.438. The Kier molecular flexibility index (Phi) is 2.69. The zero-order valence-electron chi connectivity index (χ0n) is 6.09. The van der Waals surface area contributed by atoms with Gasteiger partial charge in [-0.15, -0.1) is 0 Å². The van der Waals surface area contributed by atoms with Gasteiger partial charge in [0.15, 0.2) is 0 Å². The van der Waals surface area contributed by atoms with E-state index in [1.807, 2.05) is 0 Å². The van der Waals surface area contributed by atoms with Gasteiger partial charge in [-0.3, -0.25) is 0 Å². The number of epoxide rings is 1. The zero-order chi connectivity index (χ0) is 6.69. The number of ether oxygens (including phenoxy) is 2. The molecular weight excluding hydrogens is 132 g/mol. The number of rotatable bonds is 4. The van der Waals surface area contributed by atoms with Gasteiger partial charge in [0, 0.05) is 16.0 Å². The highest BCUT2D eigenvalue weighted by Gasteiger charge is 2.22. The Hall–Kier alpha value is 0.137. The van der Waals surface area contributed by atoms with Crippen molar-refractivity contribution in [2.75, 3.05) is 13.2 Å². The van der Waals surface area contributed by atoms with Gasteiger partial charge in [-0.05, 0) is 6.42 Å². The van der Waals surface area contributed by atoms with E-state index in [-0.39, 0.29) is 0 Å². The van der Waals surface area contributed by atoms with Crippen LogP contribution in [-0.4, -0.2) is 35.3 Å². The lowest BCUT2D eigenvalue weighted by Gasteiger charge is -2.07. The molecule has 0 spiro atoms. The Balaban J connectivity index is 1.90. The van der Waals surface area contributed by atoms with Crippen molar-refractivity contribution in [3.05, 3.63) is 0 Å². The third-order valence-corrected chi connectivity index (χ3v) is 2.69. The molecule has 3 heteroatoms. The van der Waals surface area contributed by atoms with E-state index in [1.54, 1.807) is 0 Å². The Morgan fingerprint density at radius 3 is 3.00 bits per heavy atom.